The Bertz CT molecular complexity index is 2350. The number of aliphatic hydroxyl groups excluding tert-OH is 1. The topological polar surface area (TPSA) is 72.8 Å². The minimum absolute atomic E-state index is 0.0939. The van der Waals surface area contributed by atoms with Crippen molar-refractivity contribution in [2.75, 3.05) is 13.2 Å². The summed E-state index contributed by atoms with van der Waals surface area (Å²) in [5.41, 5.74) is 0. The predicted octanol–water partition coefficient (Wildman–Crippen LogP) is 26.8. The summed E-state index contributed by atoms with van der Waals surface area (Å²) in [6, 6.07) is 0. The van der Waals surface area contributed by atoms with Crippen molar-refractivity contribution in [2.45, 2.75) is 277 Å². The van der Waals surface area contributed by atoms with Crippen LogP contribution in [0.4, 0.5) is 0 Å². The number of carbonyl (C=O) groups is 2. The van der Waals surface area contributed by atoms with Crippen molar-refractivity contribution >= 4 is 11.9 Å². The van der Waals surface area contributed by atoms with Gasteiger partial charge in [0.05, 0.1) is 6.61 Å². The summed E-state index contributed by atoms with van der Waals surface area (Å²) in [5, 5.41) is 9.71. The number of esters is 2. The molecule has 1 atom stereocenters. The third-order valence-corrected chi connectivity index (χ3v) is 14.8. The Morgan fingerprint density at radius 1 is 0.245 bits per heavy atom. The largest absolute Gasteiger partial charge is 0.462 e. The number of carbonyl (C=O) groups excluding carboxylic acids is 2. The van der Waals surface area contributed by atoms with Gasteiger partial charge in [-0.15, -0.1) is 0 Å². The smallest absolute Gasteiger partial charge is 0.306 e. The van der Waals surface area contributed by atoms with Crippen LogP contribution in [0.2, 0.25) is 0 Å². The monoisotopic (exact) mass is 1280 g/mol. The molecule has 0 heterocycles. The highest BCUT2D eigenvalue weighted by Crippen LogP contribution is 2.14. The van der Waals surface area contributed by atoms with Crippen LogP contribution in [0.25, 0.3) is 0 Å². The Hall–Kier alpha value is -6.56. The lowest BCUT2D eigenvalue weighted by atomic mass is 10.0. The first kappa shape index (κ1) is 87.4. The van der Waals surface area contributed by atoms with Gasteiger partial charge in [-0.3, -0.25) is 9.59 Å². The van der Waals surface area contributed by atoms with Gasteiger partial charge in [-0.2, -0.15) is 0 Å². The lowest BCUT2D eigenvalue weighted by molar-refractivity contribution is -0.161. The second-order valence-corrected chi connectivity index (χ2v) is 23.6. The van der Waals surface area contributed by atoms with Gasteiger partial charge in [0.25, 0.3) is 0 Å². The van der Waals surface area contributed by atoms with E-state index >= 15 is 0 Å². The summed E-state index contributed by atoms with van der Waals surface area (Å²) in [6.45, 7) is 3.88. The summed E-state index contributed by atoms with van der Waals surface area (Å²) in [7, 11) is 0. The van der Waals surface area contributed by atoms with Crippen molar-refractivity contribution in [1.82, 2.24) is 0 Å². The maximum absolute atomic E-state index is 12.4. The lowest BCUT2D eigenvalue weighted by Crippen LogP contribution is -2.28. The first-order valence-electron chi connectivity index (χ1n) is 37.2. The van der Waals surface area contributed by atoms with Crippen molar-refractivity contribution < 1.29 is 24.2 Å². The van der Waals surface area contributed by atoms with E-state index in [4.69, 9.17) is 9.47 Å². The van der Waals surface area contributed by atoms with E-state index in [2.05, 4.69) is 269 Å². The minimum Gasteiger partial charge on any atom is -0.462 e. The quantitative estimate of drug-likeness (QED) is 0.0373. The third kappa shape index (κ3) is 77.9. The second kappa shape index (κ2) is 80.7. The van der Waals surface area contributed by atoms with Crippen LogP contribution in [0, 0.1) is 0 Å². The second-order valence-electron chi connectivity index (χ2n) is 23.6. The molecule has 0 bridgehead atoms. The average Bonchev–Trinajstić information content (AvgIpc) is 3.77. The Morgan fingerprint density at radius 2 is 0.426 bits per heavy atom. The van der Waals surface area contributed by atoms with Crippen LogP contribution in [-0.4, -0.2) is 36.4 Å². The highest BCUT2D eigenvalue weighted by Gasteiger charge is 2.16. The standard InChI is InChI=1S/C89H134O5/c1-3-5-7-9-11-13-15-17-19-21-23-25-27-29-31-33-35-37-39-41-43-44-46-48-50-52-54-56-58-60-62-64-66-68-70-72-74-76-78-80-82-84-89(92)94-87(85-90)86-93-88(91)83-81-79-77-75-73-71-69-67-65-63-61-59-57-55-53-51-49-47-45-42-40-38-36-34-32-30-28-26-24-22-20-18-16-14-12-10-8-6-4-2/h5-8,11-14,17-20,23-26,29-32,35-38,41-43,45-46,48-49,51-52,54-55,57-58,60,64,66,70,72,87,90H,3-4,9-10,15-16,21-22,27-28,33-34,39-40,44,47,50,53,56,59,61-63,65,67-69,71,73-86H2,1-2H3/b7-5-,8-6-,13-11-,14-12-,19-17-,20-18-,25-23-,26-24-,31-29-,32-30-,37-35-,38-36-,43-41-,45-42-,48-46-,51-49-,54-52-,57-55-,60-58-,66-64-,72-70-. The molecule has 94 heavy (non-hydrogen) atoms. The van der Waals surface area contributed by atoms with E-state index in [1.807, 2.05) is 0 Å². The van der Waals surface area contributed by atoms with E-state index in [-0.39, 0.29) is 25.2 Å². The molecule has 0 saturated carbocycles. The van der Waals surface area contributed by atoms with Crippen LogP contribution in [0.5, 0.6) is 0 Å². The van der Waals surface area contributed by atoms with Crippen molar-refractivity contribution in [3.05, 3.63) is 255 Å². The van der Waals surface area contributed by atoms with Gasteiger partial charge in [-0.25, -0.2) is 0 Å². The van der Waals surface area contributed by atoms with Crippen LogP contribution in [0.1, 0.15) is 271 Å². The first-order chi connectivity index (χ1) is 46.6. The number of aliphatic hydroxyl groups is 1. The zero-order chi connectivity index (χ0) is 67.5. The molecule has 0 rings (SSSR count). The van der Waals surface area contributed by atoms with Crippen molar-refractivity contribution in [1.29, 1.82) is 0 Å². The van der Waals surface area contributed by atoms with Gasteiger partial charge in [-0.05, 0) is 173 Å². The van der Waals surface area contributed by atoms with E-state index in [1.54, 1.807) is 0 Å². The summed E-state index contributed by atoms with van der Waals surface area (Å²) in [5.74, 6) is -0.640. The fourth-order valence-corrected chi connectivity index (χ4v) is 9.35. The van der Waals surface area contributed by atoms with Gasteiger partial charge in [0.15, 0.2) is 6.10 Å². The molecule has 0 radical (unpaired) electrons. The molecule has 0 aromatic rings. The minimum atomic E-state index is -0.808. The maximum atomic E-state index is 12.4. The fourth-order valence-electron chi connectivity index (χ4n) is 9.35. The van der Waals surface area contributed by atoms with E-state index < -0.39 is 6.10 Å². The molecule has 5 nitrogen and oxygen atoms in total. The molecule has 0 fully saturated rings. The van der Waals surface area contributed by atoms with Gasteiger partial charge in [0.1, 0.15) is 6.61 Å². The van der Waals surface area contributed by atoms with Gasteiger partial charge in [-0.1, -0.05) is 340 Å². The predicted molar refractivity (Wildman–Crippen MR) is 416 cm³/mol. The molecule has 520 valence electrons. The fraction of sp³-hybridized carbons (Fsp3) is 0.506. The number of hydrogen-bond donors (Lipinski definition) is 1. The Kier molecular flexibility index (Phi) is 75.0. The first-order valence-corrected chi connectivity index (χ1v) is 37.2. The molecule has 0 spiro atoms. The van der Waals surface area contributed by atoms with Gasteiger partial charge < -0.3 is 14.6 Å². The van der Waals surface area contributed by atoms with Crippen molar-refractivity contribution in [3.8, 4) is 0 Å². The molecule has 1 unspecified atom stereocenters. The maximum Gasteiger partial charge on any atom is 0.306 e. The van der Waals surface area contributed by atoms with E-state index in [1.165, 1.54) is 57.8 Å². The van der Waals surface area contributed by atoms with Crippen LogP contribution in [0.3, 0.4) is 0 Å². The SMILES string of the molecule is CC/C=C\C/C=C\C/C=C\C/C=C\C/C=C\C/C=C\C/C=C\C/C=C\C/C=C\C/C=C\C/C=C\C/C=C\CCCCCCC(=O)OC(CO)COC(=O)CCCCCCCCCCCCC/C=C\C/C=C\C/C=C\C/C=C\C/C=C\C/C=C\C/C=C\C/C=C\C/C=C\CC. The van der Waals surface area contributed by atoms with E-state index in [9.17, 15) is 14.7 Å². The Balaban J connectivity index is 3.66. The lowest BCUT2D eigenvalue weighted by Gasteiger charge is -2.15. The van der Waals surface area contributed by atoms with Gasteiger partial charge >= 0.3 is 11.9 Å². The van der Waals surface area contributed by atoms with Crippen LogP contribution >= 0.6 is 0 Å². The van der Waals surface area contributed by atoms with Crippen LogP contribution in [-0.2, 0) is 19.1 Å². The van der Waals surface area contributed by atoms with E-state index in [0.29, 0.717) is 12.8 Å². The number of unbranched alkanes of at least 4 members (excludes halogenated alkanes) is 15. The molecule has 0 aromatic carbocycles. The van der Waals surface area contributed by atoms with Gasteiger partial charge in [0.2, 0.25) is 0 Å². The van der Waals surface area contributed by atoms with E-state index in [0.717, 1.165) is 186 Å². The van der Waals surface area contributed by atoms with Crippen molar-refractivity contribution in [3.63, 3.8) is 0 Å². The number of hydrogen-bond acceptors (Lipinski definition) is 5. The highest BCUT2D eigenvalue weighted by molar-refractivity contribution is 5.70. The summed E-state index contributed by atoms with van der Waals surface area (Å²) in [4.78, 5) is 24.7. The van der Waals surface area contributed by atoms with Crippen molar-refractivity contribution in [2.24, 2.45) is 0 Å². The zero-order valence-electron chi connectivity index (χ0n) is 59.6. The van der Waals surface area contributed by atoms with Crippen LogP contribution in [0.15, 0.2) is 255 Å². The molecule has 0 aliphatic rings. The average molecular weight is 1280 g/mol. The number of ether oxygens (including phenoxy) is 2. The molecule has 5 heteroatoms. The normalized spacial score (nSPS) is 13.8. The molecule has 0 saturated heterocycles. The molecule has 0 amide bonds. The summed E-state index contributed by atoms with van der Waals surface area (Å²) < 4.78 is 10.7. The molecular weight excluding hydrogens is 1150 g/mol. The molecule has 1 N–H and O–H groups in total. The Labute approximate surface area is 578 Å². The highest BCUT2D eigenvalue weighted by atomic mass is 16.6. The molecular formula is C89H134O5. The molecule has 0 aromatic heterocycles. The number of allylic oxidation sites excluding steroid dienone is 42. The van der Waals surface area contributed by atoms with Crippen LogP contribution < -0.4 is 0 Å². The number of rotatable bonds is 65. The summed E-state index contributed by atoms with van der Waals surface area (Å²) in [6.07, 6.45) is 134. The van der Waals surface area contributed by atoms with Gasteiger partial charge in [0, 0.05) is 12.8 Å². The molecule has 0 aliphatic heterocycles. The third-order valence-electron chi connectivity index (χ3n) is 14.8. The Morgan fingerprint density at radius 3 is 0.638 bits per heavy atom. The summed E-state index contributed by atoms with van der Waals surface area (Å²) >= 11 is 0. The zero-order valence-corrected chi connectivity index (χ0v) is 59.6. The molecule has 0 aliphatic carbocycles.